The zero-order valence-corrected chi connectivity index (χ0v) is 18.6. The maximum Gasteiger partial charge on any atom is 0.321 e. The van der Waals surface area contributed by atoms with Gasteiger partial charge in [-0.15, -0.1) is 0 Å². The van der Waals surface area contributed by atoms with Gasteiger partial charge in [-0.2, -0.15) is 0 Å². The molecule has 0 spiro atoms. The molecule has 4 rings (SSSR count). The van der Waals surface area contributed by atoms with Gasteiger partial charge in [0.15, 0.2) is 0 Å². The van der Waals surface area contributed by atoms with Crippen molar-refractivity contribution in [1.82, 2.24) is 9.80 Å². The molecule has 7 heteroatoms. The third kappa shape index (κ3) is 5.49. The molecule has 0 radical (unpaired) electrons. The van der Waals surface area contributed by atoms with Crippen LogP contribution in [0.15, 0.2) is 42.5 Å². The lowest BCUT2D eigenvalue weighted by Crippen LogP contribution is -2.43. The summed E-state index contributed by atoms with van der Waals surface area (Å²) in [5, 5.41) is 3.32. The maximum atomic E-state index is 13.7. The van der Waals surface area contributed by atoms with Gasteiger partial charge in [0.25, 0.3) is 0 Å². The number of anilines is 1. The fourth-order valence-corrected chi connectivity index (χ4v) is 4.52. The van der Waals surface area contributed by atoms with Crippen molar-refractivity contribution < 1.29 is 13.9 Å². The highest BCUT2D eigenvalue weighted by molar-refractivity contribution is 6.32. The van der Waals surface area contributed by atoms with Gasteiger partial charge < -0.3 is 15.0 Å². The van der Waals surface area contributed by atoms with E-state index in [9.17, 15) is 9.18 Å². The van der Waals surface area contributed by atoms with Gasteiger partial charge in [-0.3, -0.25) is 4.90 Å². The van der Waals surface area contributed by atoms with Crippen molar-refractivity contribution >= 4 is 23.3 Å². The standard InChI is InChI=1S/C24H29ClFN3O2/c1-28(24(30)27-21-9-3-2-8-20(21)26)15-17-13-19(14-17)31-22-10-6-7-18(23(22)25)16-29-11-4-5-12-29/h2-3,6-10,17,19H,4-5,11-16H2,1H3,(H,27,30). The molecular weight excluding hydrogens is 417 g/mol. The van der Waals surface area contributed by atoms with E-state index in [1.54, 1.807) is 30.1 Å². The normalized spacial score (nSPS) is 20.9. The Hall–Kier alpha value is -2.31. The number of nitrogens with one attached hydrogen (secondary N) is 1. The molecule has 0 atom stereocenters. The molecule has 2 aromatic rings. The van der Waals surface area contributed by atoms with Gasteiger partial charge in [0, 0.05) is 20.1 Å². The zero-order chi connectivity index (χ0) is 21.8. The van der Waals surface area contributed by atoms with E-state index in [1.165, 1.54) is 18.9 Å². The first-order valence-corrected chi connectivity index (χ1v) is 11.3. The molecule has 2 aromatic carbocycles. The SMILES string of the molecule is CN(CC1CC(Oc2cccc(CN3CCCC3)c2Cl)C1)C(=O)Nc1ccccc1F. The van der Waals surface area contributed by atoms with Crippen LogP contribution in [0.5, 0.6) is 5.75 Å². The topological polar surface area (TPSA) is 44.8 Å². The van der Waals surface area contributed by atoms with E-state index in [1.807, 2.05) is 12.1 Å². The van der Waals surface area contributed by atoms with Crippen LogP contribution in [0.1, 0.15) is 31.2 Å². The minimum Gasteiger partial charge on any atom is -0.489 e. The minimum atomic E-state index is -0.440. The number of likely N-dealkylation sites (tertiary alicyclic amines) is 1. The van der Waals surface area contributed by atoms with E-state index in [-0.39, 0.29) is 17.8 Å². The molecule has 1 aliphatic carbocycles. The number of carbonyl (C=O) groups is 1. The van der Waals surface area contributed by atoms with Gasteiger partial charge in [-0.1, -0.05) is 35.9 Å². The molecule has 0 aromatic heterocycles. The molecule has 1 saturated carbocycles. The van der Waals surface area contributed by atoms with Gasteiger partial charge >= 0.3 is 6.03 Å². The molecule has 1 heterocycles. The number of amides is 2. The number of ether oxygens (including phenoxy) is 1. The summed E-state index contributed by atoms with van der Waals surface area (Å²) in [6, 6.07) is 11.9. The van der Waals surface area contributed by atoms with E-state index >= 15 is 0 Å². The largest absolute Gasteiger partial charge is 0.489 e. The van der Waals surface area contributed by atoms with Crippen molar-refractivity contribution in [3.8, 4) is 5.75 Å². The number of benzene rings is 2. The minimum absolute atomic E-state index is 0.104. The zero-order valence-electron chi connectivity index (χ0n) is 17.8. The average Bonchev–Trinajstić information content (AvgIpc) is 3.23. The number of nitrogens with zero attached hydrogens (tertiary/aromatic N) is 2. The third-order valence-corrected chi connectivity index (χ3v) is 6.55. The summed E-state index contributed by atoms with van der Waals surface area (Å²) in [5.41, 5.74) is 1.30. The van der Waals surface area contributed by atoms with Crippen molar-refractivity contribution in [2.45, 2.75) is 38.3 Å². The Kier molecular flexibility index (Phi) is 6.98. The number of carbonyl (C=O) groups excluding carboxylic acids is 1. The Balaban J connectivity index is 1.24. The van der Waals surface area contributed by atoms with Gasteiger partial charge in [0.1, 0.15) is 11.6 Å². The van der Waals surface area contributed by atoms with Gasteiger partial charge in [-0.25, -0.2) is 9.18 Å². The van der Waals surface area contributed by atoms with Crippen LogP contribution >= 0.6 is 11.6 Å². The summed E-state index contributed by atoms with van der Waals surface area (Å²) in [6.45, 7) is 3.72. The number of hydrogen-bond donors (Lipinski definition) is 1. The predicted octanol–water partition coefficient (Wildman–Crippen LogP) is 5.40. The van der Waals surface area contributed by atoms with E-state index in [0.717, 1.165) is 43.8 Å². The Morgan fingerprint density at radius 3 is 2.68 bits per heavy atom. The summed E-state index contributed by atoms with van der Waals surface area (Å²) < 4.78 is 19.9. The second-order valence-corrected chi connectivity index (χ2v) is 8.96. The molecule has 1 saturated heterocycles. The van der Waals surface area contributed by atoms with Crippen LogP contribution in [0.4, 0.5) is 14.9 Å². The molecule has 2 amide bonds. The maximum absolute atomic E-state index is 13.7. The Bertz CT molecular complexity index is 913. The van der Waals surface area contributed by atoms with Crippen molar-refractivity contribution in [2.75, 3.05) is 32.0 Å². The van der Waals surface area contributed by atoms with Crippen LogP contribution in [0.3, 0.4) is 0 Å². The predicted molar refractivity (Wildman–Crippen MR) is 121 cm³/mol. The Morgan fingerprint density at radius 1 is 1.19 bits per heavy atom. The van der Waals surface area contributed by atoms with Crippen molar-refractivity contribution in [3.05, 3.63) is 58.9 Å². The first-order valence-electron chi connectivity index (χ1n) is 10.9. The Morgan fingerprint density at radius 2 is 1.94 bits per heavy atom. The smallest absolute Gasteiger partial charge is 0.321 e. The van der Waals surface area contributed by atoms with Crippen LogP contribution in [0, 0.1) is 11.7 Å². The number of hydrogen-bond acceptors (Lipinski definition) is 3. The van der Waals surface area contributed by atoms with Gasteiger partial charge in [0.2, 0.25) is 0 Å². The summed E-state index contributed by atoms with van der Waals surface area (Å²) in [5.74, 6) is 0.658. The Labute approximate surface area is 188 Å². The monoisotopic (exact) mass is 445 g/mol. The van der Waals surface area contributed by atoms with Crippen molar-refractivity contribution in [3.63, 3.8) is 0 Å². The quantitative estimate of drug-likeness (QED) is 0.620. The first-order chi connectivity index (χ1) is 15.0. The second-order valence-electron chi connectivity index (χ2n) is 8.58. The number of urea groups is 1. The highest BCUT2D eigenvalue weighted by Gasteiger charge is 2.33. The van der Waals surface area contributed by atoms with E-state index in [2.05, 4.69) is 16.3 Å². The molecule has 166 valence electrons. The lowest BCUT2D eigenvalue weighted by Gasteiger charge is -2.37. The molecule has 2 fully saturated rings. The molecule has 1 aliphatic heterocycles. The van der Waals surface area contributed by atoms with E-state index in [0.29, 0.717) is 17.5 Å². The molecule has 5 nitrogen and oxygen atoms in total. The second kappa shape index (κ2) is 9.88. The molecular formula is C24H29ClFN3O2. The van der Waals surface area contributed by atoms with E-state index in [4.69, 9.17) is 16.3 Å². The number of para-hydroxylation sites is 1. The molecule has 0 unspecified atom stereocenters. The lowest BCUT2D eigenvalue weighted by atomic mass is 9.82. The first kappa shape index (κ1) is 21.9. The summed E-state index contributed by atoms with van der Waals surface area (Å²) in [7, 11) is 1.73. The van der Waals surface area contributed by atoms with Gasteiger partial charge in [0.05, 0.1) is 16.8 Å². The molecule has 1 N–H and O–H groups in total. The number of rotatable bonds is 7. The summed E-state index contributed by atoms with van der Waals surface area (Å²) in [4.78, 5) is 16.3. The average molecular weight is 446 g/mol. The van der Waals surface area contributed by atoms with Crippen LogP contribution in [0.25, 0.3) is 0 Å². The fraction of sp³-hybridized carbons (Fsp3) is 0.458. The van der Waals surface area contributed by atoms with Crippen molar-refractivity contribution in [2.24, 2.45) is 5.92 Å². The number of halogens is 2. The lowest BCUT2D eigenvalue weighted by molar-refractivity contribution is 0.0532. The van der Waals surface area contributed by atoms with Gasteiger partial charge in [-0.05, 0) is 68.5 Å². The highest BCUT2D eigenvalue weighted by Crippen LogP contribution is 2.36. The van der Waals surface area contributed by atoms with Crippen LogP contribution < -0.4 is 10.1 Å². The molecule has 31 heavy (non-hydrogen) atoms. The molecule has 0 bridgehead atoms. The molecule has 2 aliphatic rings. The van der Waals surface area contributed by atoms with E-state index < -0.39 is 5.82 Å². The summed E-state index contributed by atoms with van der Waals surface area (Å²) >= 11 is 6.62. The fourth-order valence-electron chi connectivity index (χ4n) is 4.29. The van der Waals surface area contributed by atoms with Crippen molar-refractivity contribution in [1.29, 1.82) is 0 Å². The highest BCUT2D eigenvalue weighted by atomic mass is 35.5. The van der Waals surface area contributed by atoms with Crippen LogP contribution in [0.2, 0.25) is 5.02 Å². The third-order valence-electron chi connectivity index (χ3n) is 6.12. The summed E-state index contributed by atoms with van der Waals surface area (Å²) in [6.07, 6.45) is 4.34. The van der Waals surface area contributed by atoms with Crippen LogP contribution in [-0.2, 0) is 6.54 Å². The van der Waals surface area contributed by atoms with Crippen LogP contribution in [-0.4, -0.2) is 48.6 Å².